The fourth-order valence-corrected chi connectivity index (χ4v) is 4.58. The van der Waals surface area contributed by atoms with Crippen LogP contribution < -0.4 is 10.2 Å². The van der Waals surface area contributed by atoms with Crippen molar-refractivity contribution in [3.8, 4) is 0 Å². The SMILES string of the molecule is O=C(NCC1CCCO1)C1CCCN(c2nc3ccc(F)cc3s2)C1. The Kier molecular flexibility index (Phi) is 4.85. The molecule has 2 aromatic rings. The number of halogens is 1. The van der Waals surface area contributed by atoms with E-state index >= 15 is 0 Å². The fraction of sp³-hybridized carbons (Fsp3) is 0.556. The summed E-state index contributed by atoms with van der Waals surface area (Å²) in [6.07, 6.45) is 4.13. The van der Waals surface area contributed by atoms with Gasteiger partial charge < -0.3 is 15.0 Å². The maximum absolute atomic E-state index is 13.4. The molecule has 2 aliphatic rings. The van der Waals surface area contributed by atoms with Crippen molar-refractivity contribution in [3.05, 3.63) is 24.0 Å². The molecule has 2 unspecified atom stereocenters. The first-order valence-corrected chi connectivity index (χ1v) is 9.71. The number of amides is 1. The molecule has 25 heavy (non-hydrogen) atoms. The average molecular weight is 363 g/mol. The van der Waals surface area contributed by atoms with Gasteiger partial charge in [-0.1, -0.05) is 11.3 Å². The predicted octanol–water partition coefficient (Wildman–Crippen LogP) is 2.95. The third-order valence-corrected chi connectivity index (χ3v) is 6.01. The molecular formula is C18H22FN3O2S. The van der Waals surface area contributed by atoms with Gasteiger partial charge in [0.05, 0.1) is 22.2 Å². The van der Waals surface area contributed by atoms with Crippen LogP contribution >= 0.6 is 11.3 Å². The van der Waals surface area contributed by atoms with E-state index in [9.17, 15) is 9.18 Å². The van der Waals surface area contributed by atoms with Gasteiger partial charge in [-0.05, 0) is 43.9 Å². The third-order valence-electron chi connectivity index (χ3n) is 4.93. The number of hydrogen-bond donors (Lipinski definition) is 1. The van der Waals surface area contributed by atoms with Gasteiger partial charge in [0.2, 0.25) is 5.91 Å². The second-order valence-corrected chi connectivity index (χ2v) is 7.78. The molecule has 1 N–H and O–H groups in total. The lowest BCUT2D eigenvalue weighted by molar-refractivity contribution is -0.125. The van der Waals surface area contributed by atoms with E-state index in [2.05, 4.69) is 15.2 Å². The molecule has 0 aliphatic carbocycles. The Morgan fingerprint density at radius 1 is 1.40 bits per heavy atom. The summed E-state index contributed by atoms with van der Waals surface area (Å²) in [5.41, 5.74) is 0.811. The summed E-state index contributed by atoms with van der Waals surface area (Å²) >= 11 is 1.49. The number of piperidine rings is 1. The molecule has 0 bridgehead atoms. The van der Waals surface area contributed by atoms with E-state index in [4.69, 9.17) is 4.74 Å². The average Bonchev–Trinajstić information content (AvgIpc) is 3.28. The van der Waals surface area contributed by atoms with Crippen molar-refractivity contribution in [1.82, 2.24) is 10.3 Å². The van der Waals surface area contributed by atoms with Gasteiger partial charge in [-0.25, -0.2) is 9.37 Å². The molecule has 0 saturated carbocycles. The lowest BCUT2D eigenvalue weighted by Gasteiger charge is -2.31. The Labute approximate surface area is 150 Å². The highest BCUT2D eigenvalue weighted by Crippen LogP contribution is 2.32. The van der Waals surface area contributed by atoms with Crippen molar-refractivity contribution in [3.63, 3.8) is 0 Å². The second-order valence-electron chi connectivity index (χ2n) is 6.77. The summed E-state index contributed by atoms with van der Waals surface area (Å²) in [6, 6.07) is 4.66. The number of carbonyl (C=O) groups excluding carboxylic acids is 1. The number of fused-ring (bicyclic) bond motifs is 1. The standard InChI is InChI=1S/C18H22FN3O2S/c19-13-5-6-15-16(9-13)25-18(21-15)22-7-1-3-12(11-22)17(23)20-10-14-4-2-8-24-14/h5-6,9,12,14H,1-4,7-8,10-11H2,(H,20,23). The number of anilines is 1. The van der Waals surface area contributed by atoms with Crippen molar-refractivity contribution in [2.45, 2.75) is 31.8 Å². The van der Waals surface area contributed by atoms with E-state index in [0.717, 1.165) is 54.2 Å². The van der Waals surface area contributed by atoms with Crippen LogP contribution in [0, 0.1) is 11.7 Å². The molecule has 1 amide bonds. The summed E-state index contributed by atoms with van der Waals surface area (Å²) in [4.78, 5) is 19.3. The highest BCUT2D eigenvalue weighted by Gasteiger charge is 2.28. The maximum atomic E-state index is 13.4. The third kappa shape index (κ3) is 3.77. The number of rotatable bonds is 4. The first-order chi connectivity index (χ1) is 12.2. The van der Waals surface area contributed by atoms with Crippen LogP contribution in [0.25, 0.3) is 10.2 Å². The van der Waals surface area contributed by atoms with Crippen LogP contribution in [0.2, 0.25) is 0 Å². The zero-order chi connectivity index (χ0) is 17.2. The summed E-state index contributed by atoms with van der Waals surface area (Å²) in [6.45, 7) is 2.96. The molecule has 2 saturated heterocycles. The van der Waals surface area contributed by atoms with Gasteiger partial charge in [0.1, 0.15) is 5.82 Å². The lowest BCUT2D eigenvalue weighted by atomic mass is 9.97. The van der Waals surface area contributed by atoms with Crippen molar-refractivity contribution >= 4 is 32.6 Å². The monoisotopic (exact) mass is 363 g/mol. The molecule has 0 radical (unpaired) electrons. The summed E-state index contributed by atoms with van der Waals surface area (Å²) in [5.74, 6) is -0.168. The van der Waals surface area contributed by atoms with E-state index in [0.29, 0.717) is 13.1 Å². The summed E-state index contributed by atoms with van der Waals surface area (Å²) in [7, 11) is 0. The van der Waals surface area contributed by atoms with Gasteiger partial charge in [-0.3, -0.25) is 4.79 Å². The molecule has 134 valence electrons. The van der Waals surface area contributed by atoms with Crippen LogP contribution in [-0.2, 0) is 9.53 Å². The quantitative estimate of drug-likeness (QED) is 0.907. The van der Waals surface area contributed by atoms with Crippen LogP contribution in [0.4, 0.5) is 9.52 Å². The summed E-state index contributed by atoms with van der Waals surface area (Å²) < 4.78 is 19.8. The molecule has 3 heterocycles. The minimum Gasteiger partial charge on any atom is -0.376 e. The Hall–Kier alpha value is -1.73. The zero-order valence-electron chi connectivity index (χ0n) is 14.0. The highest BCUT2D eigenvalue weighted by atomic mass is 32.1. The second kappa shape index (κ2) is 7.25. The number of aromatic nitrogens is 1. The molecule has 1 aromatic carbocycles. The predicted molar refractivity (Wildman–Crippen MR) is 96.5 cm³/mol. The lowest BCUT2D eigenvalue weighted by Crippen LogP contribution is -2.44. The van der Waals surface area contributed by atoms with Gasteiger partial charge in [0.25, 0.3) is 0 Å². The molecule has 2 aliphatic heterocycles. The van der Waals surface area contributed by atoms with Crippen molar-refractivity contribution in [2.24, 2.45) is 5.92 Å². The van der Waals surface area contributed by atoms with Gasteiger partial charge in [0, 0.05) is 26.2 Å². The van der Waals surface area contributed by atoms with Crippen LogP contribution in [-0.4, -0.2) is 43.2 Å². The molecule has 5 nitrogen and oxygen atoms in total. The Morgan fingerprint density at radius 3 is 3.16 bits per heavy atom. The maximum Gasteiger partial charge on any atom is 0.224 e. The Bertz CT molecular complexity index is 760. The molecule has 2 fully saturated rings. The van der Waals surface area contributed by atoms with E-state index in [1.165, 1.54) is 23.5 Å². The normalized spacial score (nSPS) is 24.0. The van der Waals surface area contributed by atoms with Crippen LogP contribution in [0.15, 0.2) is 18.2 Å². The largest absolute Gasteiger partial charge is 0.376 e. The highest BCUT2D eigenvalue weighted by molar-refractivity contribution is 7.22. The number of hydrogen-bond acceptors (Lipinski definition) is 5. The number of ether oxygens (including phenoxy) is 1. The van der Waals surface area contributed by atoms with Crippen LogP contribution in [0.1, 0.15) is 25.7 Å². The first-order valence-electron chi connectivity index (χ1n) is 8.89. The van der Waals surface area contributed by atoms with E-state index in [-0.39, 0.29) is 23.7 Å². The number of nitrogens with one attached hydrogen (secondary N) is 1. The molecule has 7 heteroatoms. The van der Waals surface area contributed by atoms with Crippen molar-refractivity contribution in [2.75, 3.05) is 31.1 Å². The zero-order valence-corrected chi connectivity index (χ0v) is 14.9. The topological polar surface area (TPSA) is 54.5 Å². The van der Waals surface area contributed by atoms with Gasteiger partial charge in [-0.2, -0.15) is 0 Å². The molecular weight excluding hydrogens is 341 g/mol. The number of thiazole rings is 1. The smallest absolute Gasteiger partial charge is 0.224 e. The molecule has 1 aromatic heterocycles. The fourth-order valence-electron chi connectivity index (χ4n) is 3.55. The molecule has 0 spiro atoms. The summed E-state index contributed by atoms with van der Waals surface area (Å²) in [5, 5.41) is 3.92. The van der Waals surface area contributed by atoms with Gasteiger partial charge >= 0.3 is 0 Å². The van der Waals surface area contributed by atoms with E-state index in [1.54, 1.807) is 6.07 Å². The van der Waals surface area contributed by atoms with E-state index < -0.39 is 0 Å². The molecule has 4 rings (SSSR count). The van der Waals surface area contributed by atoms with Gasteiger partial charge in [-0.15, -0.1) is 0 Å². The van der Waals surface area contributed by atoms with Crippen molar-refractivity contribution in [1.29, 1.82) is 0 Å². The first kappa shape index (κ1) is 16.7. The number of benzene rings is 1. The number of carbonyl (C=O) groups is 1. The van der Waals surface area contributed by atoms with Crippen molar-refractivity contribution < 1.29 is 13.9 Å². The van der Waals surface area contributed by atoms with Crippen LogP contribution in [0.5, 0.6) is 0 Å². The molecule has 2 atom stereocenters. The minimum absolute atomic E-state index is 0.0288. The number of nitrogens with zero attached hydrogens (tertiary/aromatic N) is 2. The Balaban J connectivity index is 1.40. The van der Waals surface area contributed by atoms with Gasteiger partial charge in [0.15, 0.2) is 5.13 Å². The van der Waals surface area contributed by atoms with Crippen LogP contribution in [0.3, 0.4) is 0 Å². The minimum atomic E-state index is -0.243. The Morgan fingerprint density at radius 2 is 2.32 bits per heavy atom. The van der Waals surface area contributed by atoms with E-state index in [1.807, 2.05) is 0 Å².